The molecule has 158 valence electrons. The molecule has 0 bridgehead atoms. The molecule has 2 heterocycles. The maximum Gasteiger partial charge on any atom is 0.227 e. The fourth-order valence-corrected chi connectivity index (χ4v) is 3.90. The van der Waals surface area contributed by atoms with Gasteiger partial charge in [-0.3, -0.25) is 9.59 Å². The molecule has 1 aliphatic rings. The third kappa shape index (κ3) is 4.91. The van der Waals surface area contributed by atoms with Crippen molar-refractivity contribution in [1.82, 2.24) is 15.3 Å². The third-order valence-corrected chi connectivity index (χ3v) is 5.66. The van der Waals surface area contributed by atoms with Gasteiger partial charge in [0.25, 0.3) is 0 Å². The number of hydrogen-bond donors (Lipinski definition) is 1. The number of nitrogens with zero attached hydrogens (tertiary/aromatic N) is 3. The highest BCUT2D eigenvalue weighted by atomic mass is 79.9. The van der Waals surface area contributed by atoms with E-state index >= 15 is 0 Å². The molecule has 0 aliphatic carbocycles. The lowest BCUT2D eigenvalue weighted by Gasteiger charge is -2.17. The van der Waals surface area contributed by atoms with Gasteiger partial charge in [0.2, 0.25) is 11.8 Å². The van der Waals surface area contributed by atoms with Crippen molar-refractivity contribution >= 4 is 33.4 Å². The summed E-state index contributed by atoms with van der Waals surface area (Å²) in [4.78, 5) is 35.3. The van der Waals surface area contributed by atoms with E-state index in [1.54, 1.807) is 12.0 Å². The van der Waals surface area contributed by atoms with E-state index in [0.717, 1.165) is 27.2 Å². The molecule has 1 aliphatic heterocycles. The molecule has 4 rings (SSSR count). The summed E-state index contributed by atoms with van der Waals surface area (Å²) in [5, 5.41) is 2.90. The van der Waals surface area contributed by atoms with Crippen LogP contribution in [-0.2, 0) is 16.1 Å². The Kier molecular flexibility index (Phi) is 6.27. The minimum absolute atomic E-state index is 0.0536. The fraction of sp³-hybridized carbons (Fsp3) is 0.217. The van der Waals surface area contributed by atoms with Crippen molar-refractivity contribution < 1.29 is 14.3 Å². The maximum atomic E-state index is 12.7. The molecule has 2 amide bonds. The van der Waals surface area contributed by atoms with Crippen LogP contribution in [0.5, 0.6) is 5.75 Å². The summed E-state index contributed by atoms with van der Waals surface area (Å²) >= 11 is 3.42. The Labute approximate surface area is 188 Å². The van der Waals surface area contributed by atoms with Gasteiger partial charge in [0.15, 0.2) is 0 Å². The first-order valence-corrected chi connectivity index (χ1v) is 10.6. The Bertz CT molecular complexity index is 1100. The second-order valence-corrected chi connectivity index (χ2v) is 8.14. The molecule has 3 aromatic rings. The largest absolute Gasteiger partial charge is 0.497 e. The summed E-state index contributed by atoms with van der Waals surface area (Å²) in [6, 6.07) is 16.9. The second-order valence-electron chi connectivity index (χ2n) is 7.23. The number of carbonyl (C=O) groups excluding carboxylic acids is 2. The van der Waals surface area contributed by atoms with Crippen molar-refractivity contribution in [2.24, 2.45) is 5.92 Å². The highest BCUT2D eigenvalue weighted by Gasteiger charge is 2.35. The van der Waals surface area contributed by atoms with Gasteiger partial charge in [0, 0.05) is 28.7 Å². The van der Waals surface area contributed by atoms with Crippen molar-refractivity contribution in [1.29, 1.82) is 0 Å². The molecule has 0 saturated carbocycles. The number of methoxy groups -OCH3 is 1. The van der Waals surface area contributed by atoms with Gasteiger partial charge in [-0.05, 0) is 48.5 Å². The molecule has 1 unspecified atom stereocenters. The first kappa shape index (κ1) is 21.0. The number of anilines is 1. The summed E-state index contributed by atoms with van der Waals surface area (Å²) in [7, 11) is 1.62. The molecule has 1 aromatic heterocycles. The molecule has 0 spiro atoms. The number of hydrogen-bond acceptors (Lipinski definition) is 5. The second kappa shape index (κ2) is 9.26. The Morgan fingerprint density at radius 3 is 2.74 bits per heavy atom. The first-order valence-electron chi connectivity index (χ1n) is 9.82. The van der Waals surface area contributed by atoms with Gasteiger partial charge in [-0.2, -0.15) is 0 Å². The normalized spacial score (nSPS) is 15.7. The van der Waals surface area contributed by atoms with Gasteiger partial charge < -0.3 is 15.0 Å². The minimum atomic E-state index is -0.394. The number of ether oxygens (including phenoxy) is 1. The number of amides is 2. The van der Waals surface area contributed by atoms with Crippen LogP contribution < -0.4 is 15.0 Å². The summed E-state index contributed by atoms with van der Waals surface area (Å²) in [5.41, 5.74) is 3.18. The molecule has 7 nitrogen and oxygen atoms in total. The predicted molar refractivity (Wildman–Crippen MR) is 120 cm³/mol. The Morgan fingerprint density at radius 2 is 2.00 bits per heavy atom. The van der Waals surface area contributed by atoms with Crippen LogP contribution in [0.1, 0.15) is 12.1 Å². The number of nitrogens with one attached hydrogen (secondary N) is 1. The highest BCUT2D eigenvalue weighted by Crippen LogP contribution is 2.27. The monoisotopic (exact) mass is 480 g/mol. The molecule has 8 heteroatoms. The van der Waals surface area contributed by atoms with Crippen molar-refractivity contribution in [3.8, 4) is 17.0 Å². The maximum absolute atomic E-state index is 12.7. The Balaban J connectivity index is 1.38. The van der Waals surface area contributed by atoms with E-state index in [0.29, 0.717) is 12.2 Å². The van der Waals surface area contributed by atoms with E-state index in [9.17, 15) is 9.59 Å². The quantitative estimate of drug-likeness (QED) is 0.582. The van der Waals surface area contributed by atoms with Crippen LogP contribution in [0.3, 0.4) is 0 Å². The lowest BCUT2D eigenvalue weighted by atomic mass is 10.1. The van der Waals surface area contributed by atoms with Crippen LogP contribution in [0.2, 0.25) is 0 Å². The van der Waals surface area contributed by atoms with Gasteiger partial charge >= 0.3 is 0 Å². The van der Waals surface area contributed by atoms with Crippen molar-refractivity contribution in [3.05, 3.63) is 71.1 Å². The van der Waals surface area contributed by atoms with E-state index in [2.05, 4.69) is 31.2 Å². The summed E-state index contributed by atoms with van der Waals surface area (Å²) in [6.07, 6.45) is 1.67. The smallest absolute Gasteiger partial charge is 0.227 e. The molecular weight excluding hydrogens is 460 g/mol. The van der Waals surface area contributed by atoms with Crippen LogP contribution in [0, 0.1) is 5.92 Å². The summed E-state index contributed by atoms with van der Waals surface area (Å²) in [6.45, 7) is 0.633. The average Bonchev–Trinajstić information content (AvgIpc) is 3.19. The minimum Gasteiger partial charge on any atom is -0.497 e. The van der Waals surface area contributed by atoms with Crippen LogP contribution >= 0.6 is 15.9 Å². The zero-order chi connectivity index (χ0) is 21.8. The van der Waals surface area contributed by atoms with Gasteiger partial charge in [-0.15, -0.1) is 0 Å². The zero-order valence-corrected chi connectivity index (χ0v) is 18.5. The average molecular weight is 481 g/mol. The topological polar surface area (TPSA) is 84.4 Å². The highest BCUT2D eigenvalue weighted by molar-refractivity contribution is 9.10. The van der Waals surface area contributed by atoms with Gasteiger partial charge in [-0.25, -0.2) is 9.97 Å². The molecular formula is C23H21BrN4O3. The molecule has 1 saturated heterocycles. The summed E-state index contributed by atoms with van der Waals surface area (Å²) < 4.78 is 6.07. The van der Waals surface area contributed by atoms with Crippen LogP contribution in [0.15, 0.2) is 65.4 Å². The van der Waals surface area contributed by atoms with E-state index in [4.69, 9.17) is 4.74 Å². The third-order valence-electron chi connectivity index (χ3n) is 5.17. The molecule has 1 atom stereocenters. The van der Waals surface area contributed by atoms with Gasteiger partial charge in [0.1, 0.15) is 12.1 Å². The van der Waals surface area contributed by atoms with E-state index in [-0.39, 0.29) is 24.8 Å². The van der Waals surface area contributed by atoms with E-state index in [1.165, 1.54) is 6.33 Å². The standard InChI is InChI=1S/C23H21BrN4O3/c1-31-20-7-5-15(6-8-20)21-11-18(26-14-27-21)12-25-23(30)16-9-22(29)28(13-16)19-4-2-3-17(24)10-19/h2-8,10-11,14,16H,9,12-13H2,1H3,(H,25,30). The molecule has 0 radical (unpaired) electrons. The van der Waals surface area contributed by atoms with Crippen LogP contribution in [-0.4, -0.2) is 35.4 Å². The van der Waals surface area contributed by atoms with Crippen molar-refractivity contribution in [3.63, 3.8) is 0 Å². The number of halogens is 1. The SMILES string of the molecule is COc1ccc(-c2cc(CNC(=O)C3CC(=O)N(c4cccc(Br)c4)C3)ncn2)cc1. The molecule has 31 heavy (non-hydrogen) atoms. The number of benzene rings is 2. The van der Waals surface area contributed by atoms with Crippen molar-refractivity contribution in [2.75, 3.05) is 18.6 Å². The van der Waals surface area contributed by atoms with E-state index in [1.807, 2.05) is 54.6 Å². The molecule has 1 fully saturated rings. The zero-order valence-electron chi connectivity index (χ0n) is 16.9. The lowest BCUT2D eigenvalue weighted by Crippen LogP contribution is -2.32. The summed E-state index contributed by atoms with van der Waals surface area (Å²) in [5.74, 6) is 0.167. The van der Waals surface area contributed by atoms with E-state index < -0.39 is 5.92 Å². The Hall–Kier alpha value is -3.26. The number of carbonyl (C=O) groups is 2. The van der Waals surface area contributed by atoms with Gasteiger partial charge in [-0.1, -0.05) is 22.0 Å². The van der Waals surface area contributed by atoms with Gasteiger partial charge in [0.05, 0.1) is 31.0 Å². The fourth-order valence-electron chi connectivity index (χ4n) is 3.51. The number of aromatic nitrogens is 2. The van der Waals surface area contributed by atoms with Crippen LogP contribution in [0.4, 0.5) is 5.69 Å². The predicted octanol–water partition coefficient (Wildman–Crippen LogP) is 3.58. The lowest BCUT2D eigenvalue weighted by molar-refractivity contribution is -0.126. The van der Waals surface area contributed by atoms with Crippen LogP contribution in [0.25, 0.3) is 11.3 Å². The van der Waals surface area contributed by atoms with Crippen molar-refractivity contribution in [2.45, 2.75) is 13.0 Å². The molecule has 2 aromatic carbocycles. The molecule has 1 N–H and O–H groups in total. The number of rotatable bonds is 6. The first-order chi connectivity index (χ1) is 15.0. The Morgan fingerprint density at radius 1 is 1.19 bits per heavy atom.